The number of aryl methyl sites for hydroxylation is 1. The van der Waals surface area contributed by atoms with E-state index in [0.29, 0.717) is 5.95 Å². The second-order valence-electron chi connectivity index (χ2n) is 3.72. The first-order valence-corrected chi connectivity index (χ1v) is 7.07. The van der Waals surface area contributed by atoms with Gasteiger partial charge in [0, 0.05) is 5.39 Å². The fourth-order valence-electron chi connectivity index (χ4n) is 1.59. The third kappa shape index (κ3) is 2.50. The van der Waals surface area contributed by atoms with Crippen LogP contribution in [0.25, 0.3) is 10.9 Å². The first-order valence-electron chi connectivity index (χ1n) is 5.48. The zero-order chi connectivity index (χ0) is 13.2. The highest BCUT2D eigenvalue weighted by molar-refractivity contribution is 8.01. The number of para-hydroxylation sites is 1. The molecule has 0 aliphatic heterocycles. The van der Waals surface area contributed by atoms with Gasteiger partial charge in [0.1, 0.15) is 10.9 Å². The third-order valence-electron chi connectivity index (χ3n) is 2.39. The lowest BCUT2D eigenvalue weighted by atomic mass is 10.2. The Morgan fingerprint density at radius 3 is 2.79 bits per heavy atom. The quantitative estimate of drug-likeness (QED) is 0.434. The largest absolute Gasteiger partial charge is 0.292 e. The van der Waals surface area contributed by atoms with Crippen LogP contribution in [0.3, 0.4) is 0 Å². The van der Waals surface area contributed by atoms with E-state index in [-0.39, 0.29) is 0 Å². The van der Waals surface area contributed by atoms with Crippen LogP contribution in [0.1, 0.15) is 5.82 Å². The molecule has 0 amide bonds. The molecule has 0 aliphatic carbocycles. The topological polar surface area (TPSA) is 89.6 Å². The van der Waals surface area contributed by atoms with Crippen molar-refractivity contribution in [1.82, 2.24) is 19.3 Å². The molecule has 19 heavy (non-hydrogen) atoms. The van der Waals surface area contributed by atoms with E-state index < -0.39 is 0 Å². The van der Waals surface area contributed by atoms with E-state index >= 15 is 0 Å². The lowest BCUT2D eigenvalue weighted by molar-refractivity contribution is 1.06. The van der Waals surface area contributed by atoms with E-state index in [1.165, 1.54) is 23.3 Å². The zero-order valence-corrected chi connectivity index (χ0v) is 11.6. The number of nitrogens with zero attached hydrogens (tertiary/aromatic N) is 4. The number of nitrogen functional groups attached to an aromatic ring is 1. The van der Waals surface area contributed by atoms with E-state index in [1.807, 2.05) is 31.2 Å². The molecular weight excluding hydrogens is 280 g/mol. The molecule has 0 unspecified atom stereocenters. The summed E-state index contributed by atoms with van der Waals surface area (Å²) in [6, 6.07) is 7.79. The molecule has 0 atom stereocenters. The average Bonchev–Trinajstić information content (AvgIpc) is 2.84. The number of anilines is 1. The Hall–Kier alpha value is -1.77. The zero-order valence-electron chi connectivity index (χ0n) is 9.99. The molecule has 3 rings (SSSR count). The highest BCUT2D eigenvalue weighted by Crippen LogP contribution is 2.32. The molecule has 0 saturated carbocycles. The van der Waals surface area contributed by atoms with Gasteiger partial charge in [0.25, 0.3) is 0 Å². The average molecular weight is 290 g/mol. The van der Waals surface area contributed by atoms with E-state index in [1.54, 1.807) is 0 Å². The minimum atomic E-state index is 0.391. The van der Waals surface area contributed by atoms with Crippen LogP contribution in [0.5, 0.6) is 0 Å². The van der Waals surface area contributed by atoms with Crippen LogP contribution in [-0.4, -0.2) is 19.3 Å². The smallest absolute Gasteiger partial charge is 0.238 e. The summed E-state index contributed by atoms with van der Waals surface area (Å²) in [5.41, 5.74) is 3.32. The van der Waals surface area contributed by atoms with Crippen molar-refractivity contribution < 1.29 is 0 Å². The van der Waals surface area contributed by atoms with Crippen molar-refractivity contribution in [3.63, 3.8) is 0 Å². The lowest BCUT2D eigenvalue weighted by Gasteiger charge is -2.05. The predicted octanol–water partition coefficient (Wildman–Crippen LogP) is 2.23. The van der Waals surface area contributed by atoms with Gasteiger partial charge in [0.2, 0.25) is 5.95 Å². The molecule has 2 aromatic heterocycles. The number of benzene rings is 1. The third-order valence-corrected chi connectivity index (χ3v) is 4.24. The Morgan fingerprint density at radius 2 is 2.05 bits per heavy atom. The van der Waals surface area contributed by atoms with Crippen LogP contribution < -0.4 is 11.3 Å². The Kier molecular flexibility index (Phi) is 3.28. The summed E-state index contributed by atoms with van der Waals surface area (Å²) in [4.78, 5) is 13.0. The molecule has 0 radical (unpaired) electrons. The fraction of sp³-hybridized carbons (Fsp3) is 0.0909. The van der Waals surface area contributed by atoms with Crippen LogP contribution in [-0.2, 0) is 0 Å². The molecule has 0 fully saturated rings. The molecule has 0 aliphatic rings. The summed E-state index contributed by atoms with van der Waals surface area (Å²) >= 11 is 2.82. The van der Waals surface area contributed by atoms with E-state index in [0.717, 1.165) is 26.1 Å². The molecule has 0 spiro atoms. The van der Waals surface area contributed by atoms with Crippen LogP contribution >= 0.6 is 23.3 Å². The number of hydrogen-bond donors (Lipinski definition) is 2. The van der Waals surface area contributed by atoms with Gasteiger partial charge < -0.3 is 0 Å². The number of rotatable bonds is 3. The summed E-state index contributed by atoms with van der Waals surface area (Å²) < 4.78 is 5.01. The van der Waals surface area contributed by atoms with Crippen molar-refractivity contribution in [3.05, 3.63) is 30.1 Å². The number of nitrogens with one attached hydrogen (secondary N) is 1. The molecule has 96 valence electrons. The first-order chi connectivity index (χ1) is 9.26. The van der Waals surface area contributed by atoms with Crippen LogP contribution in [0.4, 0.5) is 5.95 Å². The van der Waals surface area contributed by atoms with Gasteiger partial charge in [-0.3, -0.25) is 5.43 Å². The van der Waals surface area contributed by atoms with Crippen molar-refractivity contribution in [2.45, 2.75) is 16.3 Å². The Morgan fingerprint density at radius 1 is 1.21 bits per heavy atom. The normalized spacial score (nSPS) is 10.8. The monoisotopic (exact) mass is 290 g/mol. The highest BCUT2D eigenvalue weighted by atomic mass is 32.2. The molecule has 3 N–H and O–H groups in total. The van der Waals surface area contributed by atoms with Crippen LogP contribution in [0.2, 0.25) is 0 Å². The number of hydrazine groups is 1. The maximum absolute atomic E-state index is 5.40. The van der Waals surface area contributed by atoms with Crippen LogP contribution in [0.15, 0.2) is 33.6 Å². The summed E-state index contributed by atoms with van der Waals surface area (Å²) in [6.07, 6.45) is 0. The molecule has 2 heterocycles. The van der Waals surface area contributed by atoms with Gasteiger partial charge in [-0.1, -0.05) is 18.2 Å². The summed E-state index contributed by atoms with van der Waals surface area (Å²) in [6.45, 7) is 1.87. The molecule has 1 aromatic carbocycles. The van der Waals surface area contributed by atoms with Crippen molar-refractivity contribution in [3.8, 4) is 0 Å². The van der Waals surface area contributed by atoms with Gasteiger partial charge in [-0.2, -0.15) is 4.37 Å². The van der Waals surface area contributed by atoms with Crippen LogP contribution in [0, 0.1) is 6.92 Å². The molecule has 8 heteroatoms. The van der Waals surface area contributed by atoms with E-state index in [9.17, 15) is 0 Å². The van der Waals surface area contributed by atoms with Gasteiger partial charge in [-0.15, -0.1) is 0 Å². The summed E-state index contributed by atoms with van der Waals surface area (Å²) in [5.74, 6) is 6.56. The number of nitrogens with two attached hydrogens (primary N) is 1. The molecule has 3 aromatic rings. The summed E-state index contributed by atoms with van der Waals surface area (Å²) in [5, 5.41) is 1.79. The standard InChI is InChI=1S/C11H10N6S2/c1-6-13-11(19-17-6)18-9-7-4-2-3-5-8(7)14-10(15-9)16-12/h2-5H,12H2,1H3,(H,14,15,16). The Labute approximate surface area is 117 Å². The molecule has 0 bridgehead atoms. The summed E-state index contributed by atoms with van der Waals surface area (Å²) in [7, 11) is 0. The molecule has 0 saturated heterocycles. The number of hydrogen-bond acceptors (Lipinski definition) is 8. The van der Waals surface area contributed by atoms with Gasteiger partial charge in [0.05, 0.1) is 5.52 Å². The number of fused-ring (bicyclic) bond motifs is 1. The lowest BCUT2D eigenvalue weighted by Crippen LogP contribution is -2.10. The predicted molar refractivity (Wildman–Crippen MR) is 76.1 cm³/mol. The maximum Gasteiger partial charge on any atom is 0.238 e. The number of aromatic nitrogens is 4. The Bertz CT molecular complexity index is 726. The SMILES string of the molecule is Cc1nsc(Sc2nc(NN)nc3ccccc23)n1. The second kappa shape index (κ2) is 5.08. The molecular formula is C11H10N6S2. The highest BCUT2D eigenvalue weighted by Gasteiger charge is 2.11. The minimum Gasteiger partial charge on any atom is -0.292 e. The van der Waals surface area contributed by atoms with Gasteiger partial charge >= 0.3 is 0 Å². The van der Waals surface area contributed by atoms with Crippen molar-refractivity contribution in [2.24, 2.45) is 5.84 Å². The van der Waals surface area contributed by atoms with Gasteiger partial charge in [-0.25, -0.2) is 20.8 Å². The fourth-order valence-corrected chi connectivity index (χ4v) is 3.27. The van der Waals surface area contributed by atoms with Gasteiger partial charge in [0.15, 0.2) is 4.34 Å². The van der Waals surface area contributed by atoms with Crippen molar-refractivity contribution in [1.29, 1.82) is 0 Å². The van der Waals surface area contributed by atoms with Crippen molar-refractivity contribution in [2.75, 3.05) is 5.43 Å². The first kappa shape index (κ1) is 12.3. The van der Waals surface area contributed by atoms with E-state index in [2.05, 4.69) is 24.8 Å². The minimum absolute atomic E-state index is 0.391. The van der Waals surface area contributed by atoms with E-state index in [4.69, 9.17) is 5.84 Å². The maximum atomic E-state index is 5.40. The Balaban J connectivity index is 2.10. The van der Waals surface area contributed by atoms with Crippen molar-refractivity contribution >= 4 is 40.1 Å². The van der Waals surface area contributed by atoms with Gasteiger partial charge in [-0.05, 0) is 36.3 Å². The second-order valence-corrected chi connectivity index (χ2v) is 5.71. The molecule has 6 nitrogen and oxygen atoms in total.